The van der Waals surface area contributed by atoms with Crippen LogP contribution in [0.4, 0.5) is 22.7 Å². The maximum absolute atomic E-state index is 13.3. The molecule has 1 aliphatic rings. The minimum absolute atomic E-state index is 0.125. The van der Waals surface area contributed by atoms with Crippen LogP contribution in [0.5, 0.6) is 0 Å². The van der Waals surface area contributed by atoms with E-state index in [1.807, 2.05) is 38.1 Å². The van der Waals surface area contributed by atoms with Crippen LogP contribution in [-0.4, -0.2) is 17.6 Å². The van der Waals surface area contributed by atoms with E-state index in [2.05, 4.69) is 10.6 Å². The normalized spacial score (nSPS) is 12.5. The van der Waals surface area contributed by atoms with Crippen molar-refractivity contribution >= 4 is 34.3 Å². The standard InChI is InChI=1S/C23H21N3O2/c1-13(2)25-18-11-12-19(26-15-9-7-14(24)8-10-15)21-20(18)22(27)16-5-3-4-6-17(16)23(21)28/h3-13,25-26H,24H2,1-2H3. The molecule has 28 heavy (non-hydrogen) atoms. The van der Waals surface area contributed by atoms with Gasteiger partial charge in [-0.1, -0.05) is 24.3 Å². The molecule has 140 valence electrons. The fraction of sp³-hybridized carbons (Fsp3) is 0.130. The lowest BCUT2D eigenvalue weighted by atomic mass is 9.82. The second kappa shape index (κ2) is 6.85. The number of nitrogen functional groups attached to an aromatic ring is 1. The van der Waals surface area contributed by atoms with Crippen molar-refractivity contribution in [1.29, 1.82) is 0 Å². The smallest absolute Gasteiger partial charge is 0.196 e. The molecule has 5 heteroatoms. The number of anilines is 4. The van der Waals surface area contributed by atoms with Crippen LogP contribution in [0.15, 0.2) is 60.7 Å². The van der Waals surface area contributed by atoms with Gasteiger partial charge in [-0.3, -0.25) is 9.59 Å². The molecule has 0 aromatic heterocycles. The first-order valence-electron chi connectivity index (χ1n) is 9.20. The molecule has 1 aliphatic carbocycles. The van der Waals surface area contributed by atoms with Gasteiger partial charge in [0.2, 0.25) is 0 Å². The van der Waals surface area contributed by atoms with Gasteiger partial charge in [-0.25, -0.2) is 0 Å². The van der Waals surface area contributed by atoms with Gasteiger partial charge in [0.1, 0.15) is 0 Å². The molecule has 0 bridgehead atoms. The average Bonchev–Trinajstić information content (AvgIpc) is 2.68. The first-order chi connectivity index (χ1) is 13.5. The van der Waals surface area contributed by atoms with Gasteiger partial charge in [0.15, 0.2) is 11.6 Å². The monoisotopic (exact) mass is 371 g/mol. The Balaban J connectivity index is 1.89. The zero-order valence-corrected chi connectivity index (χ0v) is 15.7. The molecule has 0 amide bonds. The predicted octanol–water partition coefficient (Wildman–Crippen LogP) is 4.61. The molecule has 0 saturated carbocycles. The number of hydrogen-bond acceptors (Lipinski definition) is 5. The Bertz CT molecular complexity index is 1090. The first-order valence-corrected chi connectivity index (χ1v) is 9.20. The summed E-state index contributed by atoms with van der Waals surface area (Å²) in [6, 6.07) is 18.0. The summed E-state index contributed by atoms with van der Waals surface area (Å²) in [5.41, 5.74) is 10.2. The van der Waals surface area contributed by atoms with Crippen LogP contribution in [0.25, 0.3) is 0 Å². The van der Waals surface area contributed by atoms with E-state index in [0.717, 1.165) is 5.69 Å². The van der Waals surface area contributed by atoms with Crippen molar-refractivity contribution in [1.82, 2.24) is 0 Å². The van der Waals surface area contributed by atoms with E-state index in [4.69, 9.17) is 5.73 Å². The number of benzene rings is 3. The van der Waals surface area contributed by atoms with Crippen LogP contribution in [0, 0.1) is 0 Å². The van der Waals surface area contributed by atoms with E-state index in [1.54, 1.807) is 36.4 Å². The van der Waals surface area contributed by atoms with Crippen molar-refractivity contribution in [3.63, 3.8) is 0 Å². The molecule has 0 unspecified atom stereocenters. The fourth-order valence-electron chi connectivity index (χ4n) is 3.48. The van der Waals surface area contributed by atoms with Gasteiger partial charge in [-0.2, -0.15) is 0 Å². The highest BCUT2D eigenvalue weighted by Gasteiger charge is 2.33. The topological polar surface area (TPSA) is 84.2 Å². The molecule has 3 aromatic carbocycles. The summed E-state index contributed by atoms with van der Waals surface area (Å²) < 4.78 is 0. The lowest BCUT2D eigenvalue weighted by molar-refractivity contribution is 0.0980. The molecule has 0 atom stereocenters. The number of ketones is 2. The Morgan fingerprint density at radius 1 is 0.750 bits per heavy atom. The van der Waals surface area contributed by atoms with Gasteiger partial charge in [0, 0.05) is 34.2 Å². The Kier molecular flexibility index (Phi) is 4.35. The minimum Gasteiger partial charge on any atom is -0.399 e. The zero-order valence-electron chi connectivity index (χ0n) is 15.7. The lowest BCUT2D eigenvalue weighted by Gasteiger charge is -2.24. The molecule has 4 N–H and O–H groups in total. The van der Waals surface area contributed by atoms with E-state index in [-0.39, 0.29) is 17.6 Å². The Morgan fingerprint density at radius 2 is 1.29 bits per heavy atom. The molecule has 5 nitrogen and oxygen atoms in total. The van der Waals surface area contributed by atoms with E-state index in [9.17, 15) is 9.59 Å². The largest absolute Gasteiger partial charge is 0.399 e. The number of fused-ring (bicyclic) bond motifs is 2. The molecule has 4 rings (SSSR count). The Morgan fingerprint density at radius 3 is 1.86 bits per heavy atom. The number of carbonyl (C=O) groups is 2. The minimum atomic E-state index is -0.157. The van der Waals surface area contributed by atoms with Gasteiger partial charge in [-0.05, 0) is 50.2 Å². The summed E-state index contributed by atoms with van der Waals surface area (Å²) in [6.07, 6.45) is 0. The summed E-state index contributed by atoms with van der Waals surface area (Å²) in [7, 11) is 0. The van der Waals surface area contributed by atoms with E-state index < -0.39 is 0 Å². The van der Waals surface area contributed by atoms with Gasteiger partial charge < -0.3 is 16.4 Å². The number of nitrogens with one attached hydrogen (secondary N) is 2. The van der Waals surface area contributed by atoms with E-state index >= 15 is 0 Å². The van der Waals surface area contributed by atoms with E-state index in [1.165, 1.54) is 0 Å². The third kappa shape index (κ3) is 3.01. The molecular formula is C23H21N3O2. The number of rotatable bonds is 4. The molecule has 0 saturated heterocycles. The highest BCUT2D eigenvalue weighted by atomic mass is 16.1. The first kappa shape index (κ1) is 17.8. The maximum Gasteiger partial charge on any atom is 0.196 e. The number of nitrogens with two attached hydrogens (primary N) is 1. The summed E-state index contributed by atoms with van der Waals surface area (Å²) in [6.45, 7) is 3.99. The third-order valence-corrected chi connectivity index (χ3v) is 4.71. The fourth-order valence-corrected chi connectivity index (χ4v) is 3.48. The van der Waals surface area contributed by atoms with Crippen LogP contribution >= 0.6 is 0 Å². The van der Waals surface area contributed by atoms with Crippen LogP contribution < -0.4 is 16.4 Å². The Labute approximate surface area is 163 Å². The molecule has 0 heterocycles. The van der Waals surface area contributed by atoms with Crippen molar-refractivity contribution in [2.75, 3.05) is 16.4 Å². The second-order valence-electron chi connectivity index (χ2n) is 7.16. The van der Waals surface area contributed by atoms with Crippen LogP contribution in [0.1, 0.15) is 45.7 Å². The molecule has 0 fully saturated rings. The van der Waals surface area contributed by atoms with Gasteiger partial charge in [-0.15, -0.1) is 0 Å². The van der Waals surface area contributed by atoms with Gasteiger partial charge in [0.25, 0.3) is 0 Å². The van der Waals surface area contributed by atoms with Crippen LogP contribution in [0.2, 0.25) is 0 Å². The summed E-state index contributed by atoms with van der Waals surface area (Å²) >= 11 is 0. The van der Waals surface area contributed by atoms with Crippen molar-refractivity contribution in [2.45, 2.75) is 19.9 Å². The highest BCUT2D eigenvalue weighted by molar-refractivity contribution is 6.32. The molecule has 0 spiro atoms. The summed E-state index contributed by atoms with van der Waals surface area (Å²) in [4.78, 5) is 26.6. The highest BCUT2D eigenvalue weighted by Crippen LogP contribution is 2.37. The average molecular weight is 371 g/mol. The van der Waals surface area contributed by atoms with Crippen molar-refractivity contribution < 1.29 is 9.59 Å². The lowest BCUT2D eigenvalue weighted by Crippen LogP contribution is -2.25. The maximum atomic E-state index is 13.3. The second-order valence-corrected chi connectivity index (χ2v) is 7.16. The van der Waals surface area contributed by atoms with Gasteiger partial charge >= 0.3 is 0 Å². The van der Waals surface area contributed by atoms with Gasteiger partial charge in [0.05, 0.1) is 16.8 Å². The molecule has 0 aliphatic heterocycles. The SMILES string of the molecule is CC(C)Nc1ccc(Nc2ccc(N)cc2)c2c1C(=O)c1ccccc1C2=O. The van der Waals surface area contributed by atoms with Crippen LogP contribution in [0.3, 0.4) is 0 Å². The number of hydrogen-bond donors (Lipinski definition) is 3. The molecule has 3 aromatic rings. The summed E-state index contributed by atoms with van der Waals surface area (Å²) in [5.74, 6) is -0.301. The van der Waals surface area contributed by atoms with Crippen molar-refractivity contribution in [3.8, 4) is 0 Å². The zero-order chi connectivity index (χ0) is 19.8. The third-order valence-electron chi connectivity index (χ3n) is 4.71. The van der Waals surface area contributed by atoms with Crippen molar-refractivity contribution in [2.24, 2.45) is 0 Å². The van der Waals surface area contributed by atoms with Crippen LogP contribution in [-0.2, 0) is 0 Å². The summed E-state index contributed by atoms with van der Waals surface area (Å²) in [5, 5.41) is 6.56. The molecular weight excluding hydrogens is 350 g/mol. The molecule has 0 radical (unpaired) electrons. The quantitative estimate of drug-likeness (QED) is 0.456. The van der Waals surface area contributed by atoms with E-state index in [0.29, 0.717) is 39.3 Å². The van der Waals surface area contributed by atoms with Crippen molar-refractivity contribution in [3.05, 3.63) is 82.9 Å². The number of carbonyl (C=O) groups excluding carboxylic acids is 2. The predicted molar refractivity (Wildman–Crippen MR) is 113 cm³/mol. The Hall–Kier alpha value is -3.60.